The predicted octanol–water partition coefficient (Wildman–Crippen LogP) is 2.06. The first-order valence-electron chi connectivity index (χ1n) is 4.60. The monoisotopic (exact) mass is 229 g/mol. The van der Waals surface area contributed by atoms with E-state index in [2.05, 4.69) is 0 Å². The molecular formula is C9H18ClF2NO. The van der Waals surface area contributed by atoms with Crippen LogP contribution in [0.2, 0.25) is 0 Å². The summed E-state index contributed by atoms with van der Waals surface area (Å²) in [5, 5.41) is 0. The third-order valence-corrected chi connectivity index (χ3v) is 2.86. The van der Waals surface area contributed by atoms with Crippen LogP contribution in [-0.4, -0.2) is 25.7 Å². The topological polar surface area (TPSA) is 35.2 Å². The van der Waals surface area contributed by atoms with Gasteiger partial charge in [-0.15, -0.1) is 12.4 Å². The Balaban J connectivity index is 0.00000169. The van der Waals surface area contributed by atoms with Gasteiger partial charge in [0, 0.05) is 12.0 Å². The average Bonchev–Trinajstić information content (AvgIpc) is 2.39. The highest BCUT2D eigenvalue weighted by atomic mass is 35.5. The van der Waals surface area contributed by atoms with Crippen molar-refractivity contribution in [2.24, 2.45) is 17.1 Å². The van der Waals surface area contributed by atoms with Gasteiger partial charge in [-0.2, -0.15) is 0 Å². The van der Waals surface area contributed by atoms with Crippen molar-refractivity contribution in [3.8, 4) is 0 Å². The van der Waals surface area contributed by atoms with E-state index in [-0.39, 0.29) is 19.0 Å². The molecule has 0 amide bonds. The van der Waals surface area contributed by atoms with Gasteiger partial charge in [0.05, 0.1) is 12.5 Å². The summed E-state index contributed by atoms with van der Waals surface area (Å²) in [6, 6.07) is 0. The Hall–Kier alpha value is 0.0700. The van der Waals surface area contributed by atoms with Crippen LogP contribution in [0.4, 0.5) is 8.78 Å². The second-order valence-corrected chi connectivity index (χ2v) is 4.11. The molecule has 0 aromatic carbocycles. The van der Waals surface area contributed by atoms with Crippen molar-refractivity contribution in [2.45, 2.75) is 26.2 Å². The van der Waals surface area contributed by atoms with Crippen LogP contribution in [0.5, 0.6) is 0 Å². The number of halogens is 3. The SMILES string of the molecule is CC1(C)C(COCCCN)C1(F)F.Cl. The maximum absolute atomic E-state index is 13.0. The van der Waals surface area contributed by atoms with Crippen molar-refractivity contribution in [3.63, 3.8) is 0 Å². The van der Waals surface area contributed by atoms with Gasteiger partial charge in [-0.3, -0.25) is 0 Å². The van der Waals surface area contributed by atoms with Crippen molar-refractivity contribution in [1.29, 1.82) is 0 Å². The van der Waals surface area contributed by atoms with Gasteiger partial charge in [0.1, 0.15) is 0 Å². The summed E-state index contributed by atoms with van der Waals surface area (Å²) in [6.07, 6.45) is 0.735. The molecule has 5 heteroatoms. The highest BCUT2D eigenvalue weighted by Gasteiger charge is 2.74. The highest BCUT2D eigenvalue weighted by molar-refractivity contribution is 5.85. The number of ether oxygens (including phenoxy) is 1. The molecule has 0 bridgehead atoms. The molecule has 0 aromatic rings. The molecule has 0 radical (unpaired) electrons. The minimum Gasteiger partial charge on any atom is -0.381 e. The van der Waals surface area contributed by atoms with E-state index in [0.29, 0.717) is 13.2 Å². The van der Waals surface area contributed by atoms with Gasteiger partial charge in [0.15, 0.2) is 0 Å². The molecule has 1 aliphatic carbocycles. The zero-order valence-corrected chi connectivity index (χ0v) is 9.37. The van der Waals surface area contributed by atoms with Crippen LogP contribution in [0.3, 0.4) is 0 Å². The zero-order valence-electron chi connectivity index (χ0n) is 8.56. The summed E-state index contributed by atoms with van der Waals surface area (Å²) in [5.74, 6) is -3.16. The van der Waals surface area contributed by atoms with Gasteiger partial charge >= 0.3 is 0 Å². The van der Waals surface area contributed by atoms with E-state index in [1.807, 2.05) is 0 Å². The van der Waals surface area contributed by atoms with Gasteiger partial charge < -0.3 is 10.5 Å². The summed E-state index contributed by atoms with van der Waals surface area (Å²) in [6.45, 7) is 4.33. The maximum atomic E-state index is 13.0. The first kappa shape index (κ1) is 14.1. The van der Waals surface area contributed by atoms with Crippen LogP contribution >= 0.6 is 12.4 Å². The zero-order chi connectivity index (χ0) is 10.1. The largest absolute Gasteiger partial charge is 0.381 e. The van der Waals surface area contributed by atoms with E-state index in [1.54, 1.807) is 13.8 Å². The minimum absolute atomic E-state index is 0. The summed E-state index contributed by atoms with van der Waals surface area (Å²) in [5.41, 5.74) is 4.36. The van der Waals surface area contributed by atoms with Crippen LogP contribution in [0.1, 0.15) is 20.3 Å². The lowest BCUT2D eigenvalue weighted by atomic mass is 10.1. The number of nitrogens with two attached hydrogens (primary N) is 1. The van der Waals surface area contributed by atoms with Crippen molar-refractivity contribution in [2.75, 3.05) is 19.8 Å². The van der Waals surface area contributed by atoms with Crippen LogP contribution in [0.25, 0.3) is 0 Å². The van der Waals surface area contributed by atoms with Crippen molar-refractivity contribution >= 4 is 12.4 Å². The van der Waals surface area contributed by atoms with Gasteiger partial charge in [-0.05, 0) is 13.0 Å². The quantitative estimate of drug-likeness (QED) is 0.733. The Morgan fingerprint density at radius 1 is 1.36 bits per heavy atom. The lowest BCUT2D eigenvalue weighted by Gasteiger charge is -2.01. The third kappa shape index (κ3) is 2.35. The molecule has 14 heavy (non-hydrogen) atoms. The molecule has 1 atom stereocenters. The Morgan fingerprint density at radius 2 is 1.86 bits per heavy atom. The number of rotatable bonds is 5. The molecule has 0 aliphatic heterocycles. The fourth-order valence-electron chi connectivity index (χ4n) is 1.46. The minimum atomic E-state index is -2.55. The Morgan fingerprint density at radius 3 is 2.21 bits per heavy atom. The van der Waals surface area contributed by atoms with Gasteiger partial charge in [-0.1, -0.05) is 13.8 Å². The fraction of sp³-hybridized carbons (Fsp3) is 1.00. The van der Waals surface area contributed by atoms with E-state index in [0.717, 1.165) is 6.42 Å². The van der Waals surface area contributed by atoms with E-state index < -0.39 is 17.3 Å². The van der Waals surface area contributed by atoms with Crippen LogP contribution in [0, 0.1) is 11.3 Å². The van der Waals surface area contributed by atoms with Crippen LogP contribution in [-0.2, 0) is 4.74 Å². The molecule has 1 saturated carbocycles. The lowest BCUT2D eigenvalue weighted by molar-refractivity contribution is 0.0449. The normalized spacial score (nSPS) is 26.8. The molecule has 1 aliphatic rings. The summed E-state index contributed by atoms with van der Waals surface area (Å²) in [7, 11) is 0. The number of alkyl halides is 2. The van der Waals surface area contributed by atoms with Crippen LogP contribution < -0.4 is 5.73 Å². The molecule has 86 valence electrons. The summed E-state index contributed by atoms with van der Waals surface area (Å²) < 4.78 is 31.1. The molecule has 1 rings (SSSR count). The molecule has 1 fully saturated rings. The van der Waals surface area contributed by atoms with E-state index >= 15 is 0 Å². The molecule has 0 spiro atoms. The number of hydrogen-bond acceptors (Lipinski definition) is 2. The number of hydrogen-bond donors (Lipinski definition) is 1. The highest BCUT2D eigenvalue weighted by Crippen LogP contribution is 2.65. The molecule has 1 unspecified atom stereocenters. The van der Waals surface area contributed by atoms with Gasteiger partial charge in [-0.25, -0.2) is 8.78 Å². The van der Waals surface area contributed by atoms with E-state index in [4.69, 9.17) is 10.5 Å². The first-order chi connectivity index (χ1) is 5.94. The van der Waals surface area contributed by atoms with E-state index in [9.17, 15) is 8.78 Å². The second-order valence-electron chi connectivity index (χ2n) is 4.11. The predicted molar refractivity (Wildman–Crippen MR) is 54.0 cm³/mol. The second kappa shape index (κ2) is 4.73. The van der Waals surface area contributed by atoms with Crippen LogP contribution in [0.15, 0.2) is 0 Å². The summed E-state index contributed by atoms with van der Waals surface area (Å²) >= 11 is 0. The van der Waals surface area contributed by atoms with Crippen molar-refractivity contribution in [1.82, 2.24) is 0 Å². The fourth-order valence-corrected chi connectivity index (χ4v) is 1.46. The van der Waals surface area contributed by atoms with Crippen molar-refractivity contribution < 1.29 is 13.5 Å². The summed E-state index contributed by atoms with van der Waals surface area (Å²) in [4.78, 5) is 0. The molecular weight excluding hydrogens is 212 g/mol. The lowest BCUT2D eigenvalue weighted by Crippen LogP contribution is -2.08. The third-order valence-electron chi connectivity index (χ3n) is 2.86. The molecule has 2 nitrogen and oxygen atoms in total. The Kier molecular flexibility index (Phi) is 4.75. The Bertz CT molecular complexity index is 174. The maximum Gasteiger partial charge on any atom is 0.259 e. The average molecular weight is 230 g/mol. The smallest absolute Gasteiger partial charge is 0.259 e. The van der Waals surface area contributed by atoms with Gasteiger partial charge in [0.2, 0.25) is 0 Å². The Labute approximate surface area is 89.6 Å². The first-order valence-corrected chi connectivity index (χ1v) is 4.60. The van der Waals surface area contributed by atoms with Gasteiger partial charge in [0.25, 0.3) is 5.92 Å². The van der Waals surface area contributed by atoms with Crippen molar-refractivity contribution in [3.05, 3.63) is 0 Å². The molecule has 0 saturated heterocycles. The standard InChI is InChI=1S/C9H17F2NO.ClH/c1-8(2)7(9(8,10)11)6-13-5-3-4-12;/h7H,3-6,12H2,1-2H3;1H. The molecule has 2 N–H and O–H groups in total. The molecule has 0 heterocycles. The molecule has 0 aromatic heterocycles. The van der Waals surface area contributed by atoms with E-state index in [1.165, 1.54) is 0 Å².